The van der Waals surface area contributed by atoms with Gasteiger partial charge in [0.05, 0.1) is 0 Å². The van der Waals surface area contributed by atoms with E-state index >= 15 is 0 Å². The number of nitrogens with zero attached hydrogens (tertiary/aromatic N) is 3. The Kier molecular flexibility index (Phi) is 2.77. The summed E-state index contributed by atoms with van der Waals surface area (Å²) in [6.07, 6.45) is 3.77. The zero-order valence-electron chi connectivity index (χ0n) is 10.7. The Morgan fingerprint density at radius 3 is 2.95 bits per heavy atom. The van der Waals surface area contributed by atoms with Crippen LogP contribution in [0, 0.1) is 18.3 Å². The number of nitriles is 1. The molecule has 0 spiro atoms. The van der Waals surface area contributed by atoms with Crippen LogP contribution in [0.25, 0.3) is 10.9 Å². The van der Waals surface area contributed by atoms with E-state index in [1.54, 1.807) is 6.20 Å². The molecule has 3 aromatic rings. The molecule has 0 aliphatic rings. The maximum Gasteiger partial charge on any atom is 0.140 e. The van der Waals surface area contributed by atoms with Crippen LogP contribution in [0.5, 0.6) is 0 Å². The summed E-state index contributed by atoms with van der Waals surface area (Å²) >= 11 is 0. The summed E-state index contributed by atoms with van der Waals surface area (Å²) in [6.45, 7) is 2.85. The van der Waals surface area contributed by atoms with Crippen molar-refractivity contribution in [3.05, 3.63) is 65.6 Å². The van der Waals surface area contributed by atoms with Gasteiger partial charge in [-0.05, 0) is 47.7 Å². The van der Waals surface area contributed by atoms with Crippen LogP contribution < -0.4 is 0 Å². The number of aromatic nitrogens is 2. The van der Waals surface area contributed by atoms with E-state index in [9.17, 15) is 0 Å². The van der Waals surface area contributed by atoms with Gasteiger partial charge in [-0.25, -0.2) is 4.98 Å². The molecule has 0 atom stereocenters. The monoisotopic (exact) mass is 247 g/mol. The van der Waals surface area contributed by atoms with Gasteiger partial charge in [0.2, 0.25) is 0 Å². The Morgan fingerprint density at radius 1 is 1.21 bits per heavy atom. The molecule has 3 rings (SSSR count). The lowest BCUT2D eigenvalue weighted by Crippen LogP contribution is -1.99. The number of benzene rings is 1. The Labute approximate surface area is 111 Å². The summed E-state index contributed by atoms with van der Waals surface area (Å²) < 4.78 is 2.19. The van der Waals surface area contributed by atoms with E-state index in [0.29, 0.717) is 5.69 Å². The standard InChI is InChI=1S/C16H13N3/c1-12-2-3-14-5-7-19(16(14)8-12)11-13-4-6-18-15(9-13)10-17/h2-9H,11H2,1H3. The van der Waals surface area contributed by atoms with Gasteiger partial charge < -0.3 is 4.57 Å². The molecule has 1 aromatic carbocycles. The third kappa shape index (κ3) is 2.21. The molecule has 0 aliphatic carbocycles. The second-order valence-corrected chi connectivity index (χ2v) is 4.67. The lowest BCUT2D eigenvalue weighted by atomic mass is 10.2. The van der Waals surface area contributed by atoms with Crippen molar-refractivity contribution in [2.75, 3.05) is 0 Å². The molecule has 92 valence electrons. The number of rotatable bonds is 2. The van der Waals surface area contributed by atoms with Gasteiger partial charge in [0.25, 0.3) is 0 Å². The van der Waals surface area contributed by atoms with E-state index in [-0.39, 0.29) is 0 Å². The van der Waals surface area contributed by atoms with E-state index in [1.807, 2.05) is 12.1 Å². The number of pyridine rings is 1. The molecule has 0 unspecified atom stereocenters. The van der Waals surface area contributed by atoms with Crippen molar-refractivity contribution in [3.63, 3.8) is 0 Å². The average molecular weight is 247 g/mol. The molecule has 2 aromatic heterocycles. The van der Waals surface area contributed by atoms with Crippen LogP contribution in [0.15, 0.2) is 48.8 Å². The van der Waals surface area contributed by atoms with Crippen molar-refractivity contribution in [1.82, 2.24) is 9.55 Å². The summed E-state index contributed by atoms with van der Waals surface area (Å²) in [4.78, 5) is 3.99. The maximum atomic E-state index is 8.88. The molecule has 3 nitrogen and oxygen atoms in total. The first-order valence-electron chi connectivity index (χ1n) is 6.17. The SMILES string of the molecule is Cc1ccc2ccn(Cc3ccnc(C#N)c3)c2c1. The second-order valence-electron chi connectivity index (χ2n) is 4.67. The van der Waals surface area contributed by atoms with Crippen LogP contribution in [0.1, 0.15) is 16.8 Å². The van der Waals surface area contributed by atoms with Crippen LogP contribution in [0.4, 0.5) is 0 Å². The van der Waals surface area contributed by atoms with E-state index in [2.05, 4.69) is 53.0 Å². The first kappa shape index (κ1) is 11.5. The lowest BCUT2D eigenvalue weighted by molar-refractivity contribution is 0.833. The van der Waals surface area contributed by atoms with Crippen molar-refractivity contribution in [1.29, 1.82) is 5.26 Å². The largest absolute Gasteiger partial charge is 0.343 e. The molecule has 0 amide bonds. The molecule has 0 radical (unpaired) electrons. The average Bonchev–Trinajstić information content (AvgIpc) is 2.81. The number of aryl methyl sites for hydroxylation is 1. The van der Waals surface area contributed by atoms with Crippen molar-refractivity contribution in [3.8, 4) is 6.07 Å². The number of fused-ring (bicyclic) bond motifs is 1. The predicted octanol–water partition coefficient (Wildman–Crippen LogP) is 3.26. The summed E-state index contributed by atoms with van der Waals surface area (Å²) in [5.74, 6) is 0. The van der Waals surface area contributed by atoms with Gasteiger partial charge >= 0.3 is 0 Å². The Bertz CT molecular complexity index is 778. The second kappa shape index (κ2) is 4.58. The van der Waals surface area contributed by atoms with Crippen LogP contribution in [0.3, 0.4) is 0 Å². The first-order chi connectivity index (χ1) is 9.26. The Balaban J connectivity index is 2.01. The number of hydrogen-bond acceptors (Lipinski definition) is 2. The van der Waals surface area contributed by atoms with Crippen LogP contribution >= 0.6 is 0 Å². The van der Waals surface area contributed by atoms with Gasteiger partial charge in [0.1, 0.15) is 11.8 Å². The third-order valence-corrected chi connectivity index (χ3v) is 3.22. The van der Waals surface area contributed by atoms with Gasteiger partial charge in [-0.15, -0.1) is 0 Å². The van der Waals surface area contributed by atoms with Crippen LogP contribution in [0.2, 0.25) is 0 Å². The fourth-order valence-electron chi connectivity index (χ4n) is 2.26. The molecule has 0 aliphatic heterocycles. The van der Waals surface area contributed by atoms with Crippen molar-refractivity contribution in [2.45, 2.75) is 13.5 Å². The van der Waals surface area contributed by atoms with Gasteiger partial charge in [0.15, 0.2) is 0 Å². The van der Waals surface area contributed by atoms with E-state index < -0.39 is 0 Å². The lowest BCUT2D eigenvalue weighted by Gasteiger charge is -2.06. The highest BCUT2D eigenvalue weighted by Gasteiger charge is 2.03. The topological polar surface area (TPSA) is 41.6 Å². The predicted molar refractivity (Wildman–Crippen MR) is 74.7 cm³/mol. The highest BCUT2D eigenvalue weighted by molar-refractivity contribution is 5.80. The van der Waals surface area contributed by atoms with Gasteiger partial charge in [-0.2, -0.15) is 5.26 Å². The van der Waals surface area contributed by atoms with Crippen LogP contribution in [-0.2, 0) is 6.54 Å². The van der Waals surface area contributed by atoms with E-state index in [0.717, 1.165) is 12.1 Å². The van der Waals surface area contributed by atoms with Gasteiger partial charge in [-0.3, -0.25) is 0 Å². The van der Waals surface area contributed by atoms with Crippen molar-refractivity contribution >= 4 is 10.9 Å². The fraction of sp³-hybridized carbons (Fsp3) is 0.125. The minimum atomic E-state index is 0.463. The quantitative estimate of drug-likeness (QED) is 0.697. The van der Waals surface area contributed by atoms with Crippen molar-refractivity contribution < 1.29 is 0 Å². The molecule has 0 N–H and O–H groups in total. The number of hydrogen-bond donors (Lipinski definition) is 0. The highest BCUT2D eigenvalue weighted by atomic mass is 14.9. The highest BCUT2D eigenvalue weighted by Crippen LogP contribution is 2.18. The molecule has 0 bridgehead atoms. The first-order valence-corrected chi connectivity index (χ1v) is 6.17. The molecule has 0 saturated carbocycles. The maximum absolute atomic E-state index is 8.88. The minimum Gasteiger partial charge on any atom is -0.343 e. The minimum absolute atomic E-state index is 0.463. The Hall–Kier alpha value is -2.60. The van der Waals surface area contributed by atoms with Gasteiger partial charge in [-0.1, -0.05) is 12.1 Å². The van der Waals surface area contributed by atoms with Gasteiger partial charge in [0, 0.05) is 24.5 Å². The third-order valence-electron chi connectivity index (χ3n) is 3.22. The molecule has 0 saturated heterocycles. The Morgan fingerprint density at radius 2 is 2.11 bits per heavy atom. The summed E-state index contributed by atoms with van der Waals surface area (Å²) in [6, 6.07) is 14.4. The zero-order valence-corrected chi connectivity index (χ0v) is 10.7. The van der Waals surface area contributed by atoms with E-state index in [1.165, 1.54) is 16.5 Å². The zero-order chi connectivity index (χ0) is 13.2. The molecular formula is C16H13N3. The summed E-state index contributed by atoms with van der Waals surface area (Å²) in [5.41, 5.74) is 4.02. The van der Waals surface area contributed by atoms with Crippen molar-refractivity contribution in [2.24, 2.45) is 0 Å². The smallest absolute Gasteiger partial charge is 0.140 e. The summed E-state index contributed by atoms with van der Waals surface area (Å²) in [7, 11) is 0. The van der Waals surface area contributed by atoms with E-state index in [4.69, 9.17) is 5.26 Å². The molecule has 19 heavy (non-hydrogen) atoms. The fourth-order valence-corrected chi connectivity index (χ4v) is 2.26. The van der Waals surface area contributed by atoms with Crippen LogP contribution in [-0.4, -0.2) is 9.55 Å². The molecule has 2 heterocycles. The normalized spacial score (nSPS) is 10.5. The summed E-state index contributed by atoms with van der Waals surface area (Å²) in [5, 5.41) is 10.1. The molecular weight excluding hydrogens is 234 g/mol. The molecule has 0 fully saturated rings. The molecule has 3 heteroatoms.